The Morgan fingerprint density at radius 3 is 1.23 bits per heavy atom. The number of methoxy groups -OCH3 is 3. The molecule has 0 amide bonds. The Balaban J connectivity index is 0.000000154. The predicted molar refractivity (Wildman–Crippen MR) is 446 cm³/mol. The fourth-order valence-corrected chi connectivity index (χ4v) is 26.8. The van der Waals surface area contributed by atoms with Crippen molar-refractivity contribution in [2.24, 2.45) is 121 Å². The van der Waals surface area contributed by atoms with Crippen LogP contribution in [0.2, 0.25) is 0 Å². The molecular formula is C98H137O14P. The van der Waals surface area contributed by atoms with Crippen LogP contribution < -0.4 is 0 Å². The number of ether oxygens (including phenoxy) is 6. The number of aliphatic hydroxyl groups excluding tert-OH is 1. The maximum atomic E-state index is 13.9. The topological polar surface area (TPSA) is 195 Å². The van der Waals surface area contributed by atoms with E-state index in [0.717, 1.165) is 143 Å². The van der Waals surface area contributed by atoms with E-state index in [4.69, 9.17) is 28.4 Å². The van der Waals surface area contributed by atoms with Crippen molar-refractivity contribution in [1.82, 2.24) is 0 Å². The molecule has 15 rings (SSSR count). The molecule has 3 unspecified atom stereocenters. The van der Waals surface area contributed by atoms with Gasteiger partial charge in [0.25, 0.3) is 0 Å². The van der Waals surface area contributed by atoms with Gasteiger partial charge >= 0.3 is 35.8 Å². The Morgan fingerprint density at radius 2 is 0.796 bits per heavy atom. The molecule has 0 aliphatic heterocycles. The highest BCUT2D eigenvalue weighted by Gasteiger charge is 2.64. The van der Waals surface area contributed by atoms with Gasteiger partial charge in [-0.05, 0) is 327 Å². The number of rotatable bonds is 18. The van der Waals surface area contributed by atoms with E-state index in [1.807, 2.05) is 78.9 Å². The number of fused-ring (bicyclic) bond motifs is 15. The van der Waals surface area contributed by atoms with Gasteiger partial charge in [0.2, 0.25) is 0 Å². The van der Waals surface area contributed by atoms with Crippen molar-refractivity contribution in [1.29, 1.82) is 0 Å². The zero-order valence-electron chi connectivity index (χ0n) is 70.9. The van der Waals surface area contributed by atoms with E-state index >= 15 is 0 Å². The number of esters is 6. The SMILES string of the molecule is COC(=O)CC[C@@H](C)C1CC[C@H]2[C@@H]3CC[C@@H]4C[C@H](OC(=O)c5ccccc5)CC[C@]4(C)C3=CC(=O)[C@]12C.COC(=O)CC[C@@H](C)C1CC[C@H]2[C@@H]3CC[C@@H]4C[C@H](OC(=O)c5ccccc5)CC[C@]4(C)C3=CC[C@]12C.COC(=O)CC[C@@H](C)C1CC[C@H]2[C@@H]3CC[C@@H]4C[C@H](OC(=O)c5ccccc5)CC[C@]4(C)C3=C[C@@H](O)[C@]12C.CPC. The highest BCUT2D eigenvalue weighted by Crippen LogP contribution is 2.70. The average Bonchev–Trinajstić information content (AvgIpc) is 1.67. The Bertz CT molecular complexity index is 3920. The molecule has 14 nitrogen and oxygen atoms in total. The summed E-state index contributed by atoms with van der Waals surface area (Å²) in [6.07, 6.45) is 34.2. The molecule has 25 atom stereocenters. The molecule has 0 radical (unpaired) electrons. The molecule has 0 spiro atoms. The predicted octanol–water partition coefficient (Wildman–Crippen LogP) is 21.2. The molecule has 12 aliphatic carbocycles. The smallest absolute Gasteiger partial charge is 0.338 e. The van der Waals surface area contributed by atoms with Gasteiger partial charge in [-0.1, -0.05) is 146 Å². The molecule has 113 heavy (non-hydrogen) atoms. The zero-order valence-corrected chi connectivity index (χ0v) is 71.9. The van der Waals surface area contributed by atoms with E-state index in [-0.39, 0.29) is 81.2 Å². The van der Waals surface area contributed by atoms with Gasteiger partial charge in [0.1, 0.15) is 18.3 Å². The van der Waals surface area contributed by atoms with Crippen molar-refractivity contribution in [3.63, 3.8) is 0 Å². The fourth-order valence-electron chi connectivity index (χ4n) is 26.8. The van der Waals surface area contributed by atoms with Crippen LogP contribution in [0.4, 0.5) is 0 Å². The first kappa shape index (κ1) is 86.1. The van der Waals surface area contributed by atoms with E-state index in [0.29, 0.717) is 130 Å². The van der Waals surface area contributed by atoms with Crippen LogP contribution >= 0.6 is 8.58 Å². The number of ketones is 1. The summed E-state index contributed by atoms with van der Waals surface area (Å²) in [4.78, 5) is 87.2. The summed E-state index contributed by atoms with van der Waals surface area (Å²) < 4.78 is 32.5. The molecule has 9 fully saturated rings. The number of carbonyl (C=O) groups is 7. The van der Waals surface area contributed by atoms with Crippen molar-refractivity contribution in [3.8, 4) is 0 Å². The second-order valence-corrected chi connectivity index (χ2v) is 39.6. The maximum Gasteiger partial charge on any atom is 0.338 e. The maximum absolute atomic E-state index is 13.9. The number of hydrogen-bond acceptors (Lipinski definition) is 14. The van der Waals surface area contributed by atoms with E-state index < -0.39 is 6.10 Å². The van der Waals surface area contributed by atoms with Crippen molar-refractivity contribution in [2.45, 2.75) is 267 Å². The standard InChI is InChI=1S/C32H44O5.C32H42O5.C32H44O4.C2H7P/c2*1-20(10-15-29(34)36-4)25-13-14-26-24-12-11-22-18-23(37-30(35)21-8-6-5-7-9-21)16-17-31(22,2)27(24)19-28(33)32(25,26)3;1-21(10-15-29(33)35-4)26-13-14-27-25-12-11-23-20-24(36-30(34)22-8-6-5-7-9-22)16-18-31(23,2)28(25)17-19-32(26,27)3;1-3-2/h5-9,19-20,22-26,28,33H,10-18H2,1-4H3;5-9,19-20,22-26H,10-18H2,1-4H3;5-9,17,21,23-27H,10-16,18-20H2,1-4H3;3H,1-2H3/t20-,22-,23-,24+,25?,26+,28-,31+,32-;20-,22-,23-,24+,25?,26+,31+,32-;21-,23-,24-,25+,26?,27+,31+,32-;/m111./s1. The number of allylic oxidation sites excluding steroid dienone is 5. The van der Waals surface area contributed by atoms with E-state index in [9.17, 15) is 38.7 Å². The van der Waals surface area contributed by atoms with Crippen LogP contribution in [0.15, 0.2) is 126 Å². The first-order chi connectivity index (χ1) is 54.0. The van der Waals surface area contributed by atoms with Crippen molar-refractivity contribution in [3.05, 3.63) is 143 Å². The van der Waals surface area contributed by atoms with Gasteiger partial charge in [0.05, 0.1) is 44.1 Å². The minimum atomic E-state index is -0.457. The number of carbonyl (C=O) groups excluding carboxylic acids is 7. The monoisotopic (exact) mass is 1570 g/mol. The first-order valence-electron chi connectivity index (χ1n) is 44.0. The van der Waals surface area contributed by atoms with Gasteiger partial charge in [0.15, 0.2) is 5.78 Å². The van der Waals surface area contributed by atoms with Crippen LogP contribution in [0.1, 0.15) is 273 Å². The molecule has 0 heterocycles. The molecular weight excluding hydrogens is 1430 g/mol. The minimum Gasteiger partial charge on any atom is -0.469 e. The number of aliphatic hydroxyl groups is 1. The van der Waals surface area contributed by atoms with Crippen LogP contribution in [-0.4, -0.2) is 106 Å². The first-order valence-corrected chi connectivity index (χ1v) is 46.0. The summed E-state index contributed by atoms with van der Waals surface area (Å²) >= 11 is 0. The van der Waals surface area contributed by atoms with E-state index in [2.05, 4.69) is 93.9 Å². The van der Waals surface area contributed by atoms with Crippen LogP contribution in [-0.2, 0) is 47.6 Å². The van der Waals surface area contributed by atoms with Gasteiger partial charge < -0.3 is 33.5 Å². The van der Waals surface area contributed by atoms with E-state index in [1.54, 1.807) is 17.7 Å². The summed E-state index contributed by atoms with van der Waals surface area (Å²) in [5, 5.41) is 11.7. The Hall–Kier alpha value is -6.24. The molecule has 0 bridgehead atoms. The second-order valence-electron chi connectivity index (χ2n) is 38.6. The molecule has 618 valence electrons. The minimum absolute atomic E-state index is 0.00411. The lowest BCUT2D eigenvalue weighted by atomic mass is 9.47. The van der Waals surface area contributed by atoms with Crippen LogP contribution in [0.3, 0.4) is 0 Å². The normalized spacial score (nSPS) is 37.5. The Kier molecular flexibility index (Phi) is 27.7. The Morgan fingerprint density at radius 1 is 0.442 bits per heavy atom. The van der Waals surface area contributed by atoms with Gasteiger partial charge in [0, 0.05) is 30.1 Å². The zero-order chi connectivity index (χ0) is 81.0. The average molecular weight is 1570 g/mol. The lowest BCUT2D eigenvalue weighted by molar-refractivity contribution is -0.142. The molecule has 3 aromatic rings. The Labute approximate surface area is 678 Å². The molecule has 15 heteroatoms. The molecule has 3 aromatic carbocycles. The third-order valence-corrected chi connectivity index (χ3v) is 33.2. The number of hydrogen-bond donors (Lipinski definition) is 1. The van der Waals surface area contributed by atoms with Crippen molar-refractivity contribution < 1.29 is 67.1 Å². The molecule has 12 aliphatic rings. The molecule has 0 aromatic heterocycles. The summed E-state index contributed by atoms with van der Waals surface area (Å²) in [5.74, 6) is 6.76. The van der Waals surface area contributed by atoms with Crippen LogP contribution in [0, 0.1) is 121 Å². The molecule has 9 saturated carbocycles. The van der Waals surface area contributed by atoms with Gasteiger partial charge in [-0.25, -0.2) is 14.4 Å². The summed E-state index contributed by atoms with van der Waals surface area (Å²) in [5.41, 5.74) is 6.65. The molecule has 1 N–H and O–H groups in total. The number of benzene rings is 3. The summed E-state index contributed by atoms with van der Waals surface area (Å²) in [7, 11) is 5.47. The lowest BCUT2D eigenvalue weighted by Gasteiger charge is -2.58. The highest BCUT2D eigenvalue weighted by atomic mass is 31.1. The quantitative estimate of drug-likeness (QED) is 0.0547. The van der Waals surface area contributed by atoms with Gasteiger partial charge in [-0.2, -0.15) is 0 Å². The third kappa shape index (κ3) is 17.3. The lowest BCUT2D eigenvalue weighted by Crippen LogP contribution is -2.53. The van der Waals surface area contributed by atoms with Gasteiger partial charge in [-0.3, -0.25) is 19.2 Å². The molecule has 0 saturated heterocycles. The van der Waals surface area contributed by atoms with E-state index in [1.165, 1.54) is 64.6 Å². The van der Waals surface area contributed by atoms with Crippen molar-refractivity contribution >= 4 is 50.2 Å². The summed E-state index contributed by atoms with van der Waals surface area (Å²) in [6.45, 7) is 25.5. The van der Waals surface area contributed by atoms with Crippen molar-refractivity contribution in [2.75, 3.05) is 34.7 Å². The highest BCUT2D eigenvalue weighted by molar-refractivity contribution is 7.35. The van der Waals surface area contributed by atoms with Crippen LogP contribution in [0.25, 0.3) is 0 Å². The van der Waals surface area contributed by atoms with Crippen LogP contribution in [0.5, 0.6) is 0 Å². The largest absolute Gasteiger partial charge is 0.469 e. The fraction of sp³-hybridized carbons (Fsp3) is 0.684. The third-order valence-electron chi connectivity index (χ3n) is 33.2. The summed E-state index contributed by atoms with van der Waals surface area (Å²) in [6, 6.07) is 27.9. The second kappa shape index (κ2) is 36.3. The van der Waals surface area contributed by atoms with Gasteiger partial charge in [-0.15, -0.1) is 8.58 Å².